The number of benzene rings is 2. The van der Waals surface area contributed by atoms with Crippen LogP contribution in [-0.2, 0) is 9.59 Å². The minimum Gasteiger partial charge on any atom is -0.507 e. The Morgan fingerprint density at radius 2 is 1.45 bits per heavy atom. The van der Waals surface area contributed by atoms with Crippen LogP contribution >= 0.6 is 0 Å². The largest absolute Gasteiger partial charge is 0.507 e. The van der Waals surface area contributed by atoms with Gasteiger partial charge in [-0.05, 0) is 41.3 Å². The molecule has 4 aromatic rings. The van der Waals surface area contributed by atoms with Gasteiger partial charge in [-0.15, -0.1) is 0 Å². The van der Waals surface area contributed by atoms with E-state index in [1.54, 1.807) is 36.7 Å². The van der Waals surface area contributed by atoms with Crippen molar-refractivity contribution < 1.29 is 14.7 Å². The molecule has 0 spiro atoms. The molecule has 1 aliphatic heterocycles. The number of aliphatic hydroxyl groups is 1. The molecule has 1 amide bonds. The summed E-state index contributed by atoms with van der Waals surface area (Å²) in [6.45, 7) is 0. The van der Waals surface area contributed by atoms with Crippen molar-refractivity contribution in [1.29, 1.82) is 0 Å². The smallest absolute Gasteiger partial charge is 0.300 e. The zero-order valence-corrected chi connectivity index (χ0v) is 16.3. The predicted octanol–water partition coefficient (Wildman–Crippen LogP) is 4.26. The molecule has 0 saturated carbocycles. The van der Waals surface area contributed by atoms with E-state index in [4.69, 9.17) is 0 Å². The van der Waals surface area contributed by atoms with Gasteiger partial charge in [0.25, 0.3) is 11.7 Å². The Balaban J connectivity index is 1.79. The van der Waals surface area contributed by atoms with Crippen molar-refractivity contribution in [1.82, 2.24) is 9.97 Å². The van der Waals surface area contributed by atoms with Crippen molar-refractivity contribution in [2.45, 2.75) is 6.04 Å². The predicted molar refractivity (Wildman–Crippen MR) is 117 cm³/mol. The number of rotatable bonds is 3. The van der Waals surface area contributed by atoms with Crippen LogP contribution < -0.4 is 4.90 Å². The van der Waals surface area contributed by atoms with Crippen LogP contribution in [0.15, 0.2) is 97.1 Å². The molecule has 150 valence electrons. The number of amides is 1. The summed E-state index contributed by atoms with van der Waals surface area (Å²) in [5.41, 5.74) is 1.74. The van der Waals surface area contributed by atoms with E-state index in [9.17, 15) is 14.7 Å². The number of fused-ring (bicyclic) bond motifs is 1. The first kappa shape index (κ1) is 18.7. The van der Waals surface area contributed by atoms with Crippen LogP contribution in [0.2, 0.25) is 0 Å². The fourth-order valence-corrected chi connectivity index (χ4v) is 4.03. The zero-order valence-electron chi connectivity index (χ0n) is 16.3. The fraction of sp³-hybridized carbons (Fsp3) is 0.0400. The molecular formula is C25H17N3O3. The van der Waals surface area contributed by atoms with Gasteiger partial charge in [-0.25, -0.2) is 0 Å². The number of ketones is 1. The number of aromatic nitrogens is 2. The van der Waals surface area contributed by atoms with E-state index in [1.165, 1.54) is 17.3 Å². The first-order chi connectivity index (χ1) is 15.2. The monoisotopic (exact) mass is 407 g/mol. The molecular weight excluding hydrogens is 390 g/mol. The lowest BCUT2D eigenvalue weighted by Gasteiger charge is -2.26. The summed E-state index contributed by atoms with van der Waals surface area (Å²) >= 11 is 0. The normalized spacial score (nSPS) is 17.9. The van der Waals surface area contributed by atoms with Gasteiger partial charge < -0.3 is 5.11 Å². The summed E-state index contributed by atoms with van der Waals surface area (Å²) in [7, 11) is 0. The first-order valence-corrected chi connectivity index (χ1v) is 9.76. The Labute approximate surface area is 178 Å². The highest BCUT2D eigenvalue weighted by Gasteiger charge is 2.47. The molecule has 0 aliphatic carbocycles. The molecule has 6 heteroatoms. The molecule has 1 atom stereocenters. The molecule has 31 heavy (non-hydrogen) atoms. The Kier molecular flexibility index (Phi) is 4.52. The number of Topliss-reactive ketones (excluding diaryl/α,β-unsaturated/α-hetero) is 1. The molecule has 2 aromatic heterocycles. The third-order valence-corrected chi connectivity index (χ3v) is 5.45. The number of aliphatic hydroxyl groups excluding tert-OH is 1. The third kappa shape index (κ3) is 3.05. The Hall–Kier alpha value is -4.32. The number of carbonyl (C=O) groups is 2. The molecule has 1 fully saturated rings. The minimum atomic E-state index is -0.790. The van der Waals surface area contributed by atoms with Gasteiger partial charge in [-0.3, -0.25) is 24.5 Å². The quantitative estimate of drug-likeness (QED) is 0.312. The third-order valence-electron chi connectivity index (χ3n) is 5.45. The van der Waals surface area contributed by atoms with E-state index in [2.05, 4.69) is 9.97 Å². The van der Waals surface area contributed by atoms with Crippen LogP contribution in [0.1, 0.15) is 17.2 Å². The van der Waals surface area contributed by atoms with E-state index in [-0.39, 0.29) is 11.3 Å². The van der Waals surface area contributed by atoms with Gasteiger partial charge in [-0.1, -0.05) is 36.4 Å². The molecule has 1 N–H and O–H groups in total. The Morgan fingerprint density at radius 1 is 0.806 bits per heavy atom. The summed E-state index contributed by atoms with van der Waals surface area (Å²) in [6.07, 6.45) is 6.25. The summed E-state index contributed by atoms with van der Waals surface area (Å²) in [6, 6.07) is 19.2. The van der Waals surface area contributed by atoms with Crippen LogP contribution in [0.4, 0.5) is 5.69 Å². The average molecular weight is 407 g/mol. The maximum atomic E-state index is 13.3. The number of anilines is 1. The molecule has 3 heterocycles. The number of pyridine rings is 2. The van der Waals surface area contributed by atoms with Gasteiger partial charge >= 0.3 is 0 Å². The molecule has 1 saturated heterocycles. The highest BCUT2D eigenvalue weighted by molar-refractivity contribution is 6.52. The van der Waals surface area contributed by atoms with Gasteiger partial charge in [0.1, 0.15) is 5.76 Å². The molecule has 1 aliphatic rings. The van der Waals surface area contributed by atoms with Gasteiger partial charge in [-0.2, -0.15) is 0 Å². The summed E-state index contributed by atoms with van der Waals surface area (Å²) < 4.78 is 0. The molecule has 0 bridgehead atoms. The van der Waals surface area contributed by atoms with Crippen LogP contribution in [0.5, 0.6) is 0 Å². The standard InChI is InChI=1S/C25H17N3O3/c29-23(18-10-14-27-15-11-18)21-22(17-8-12-26-13-9-17)28(25(31)24(21)30)20-7-3-5-16-4-1-2-6-19(16)20/h1-15,22,29H/b23-21+. The molecule has 0 radical (unpaired) electrons. The number of hydrogen-bond acceptors (Lipinski definition) is 5. The van der Waals surface area contributed by atoms with Gasteiger partial charge in [0.05, 0.1) is 17.3 Å². The lowest BCUT2D eigenvalue weighted by atomic mass is 9.95. The van der Waals surface area contributed by atoms with E-state index in [1.807, 2.05) is 42.5 Å². The van der Waals surface area contributed by atoms with Gasteiger partial charge in [0, 0.05) is 35.7 Å². The van der Waals surface area contributed by atoms with E-state index in [0.717, 1.165) is 10.8 Å². The highest BCUT2D eigenvalue weighted by Crippen LogP contribution is 2.43. The van der Waals surface area contributed by atoms with E-state index in [0.29, 0.717) is 16.8 Å². The summed E-state index contributed by atoms with van der Waals surface area (Å²) in [5.74, 6) is -1.65. The number of nitrogens with zero attached hydrogens (tertiary/aromatic N) is 3. The molecule has 1 unspecified atom stereocenters. The topological polar surface area (TPSA) is 83.4 Å². The van der Waals surface area contributed by atoms with Crippen LogP contribution in [-0.4, -0.2) is 26.8 Å². The van der Waals surface area contributed by atoms with E-state index >= 15 is 0 Å². The number of hydrogen-bond donors (Lipinski definition) is 1. The second kappa shape index (κ2) is 7.50. The van der Waals surface area contributed by atoms with Crippen molar-refractivity contribution >= 4 is 33.9 Å². The van der Waals surface area contributed by atoms with Crippen molar-refractivity contribution in [2.75, 3.05) is 4.90 Å². The second-order valence-electron chi connectivity index (χ2n) is 7.18. The molecule has 2 aromatic carbocycles. The zero-order chi connectivity index (χ0) is 21.4. The lowest BCUT2D eigenvalue weighted by Crippen LogP contribution is -2.29. The average Bonchev–Trinajstić information content (AvgIpc) is 3.09. The maximum absolute atomic E-state index is 13.3. The van der Waals surface area contributed by atoms with Gasteiger partial charge in [0.2, 0.25) is 0 Å². The van der Waals surface area contributed by atoms with Crippen LogP contribution in [0.25, 0.3) is 16.5 Å². The van der Waals surface area contributed by atoms with Crippen molar-refractivity contribution in [2.24, 2.45) is 0 Å². The summed E-state index contributed by atoms with van der Waals surface area (Å²) in [4.78, 5) is 35.9. The summed E-state index contributed by atoms with van der Waals surface area (Å²) in [5, 5.41) is 12.8. The Morgan fingerprint density at radius 3 is 2.19 bits per heavy atom. The number of carbonyl (C=O) groups excluding carboxylic acids is 2. The van der Waals surface area contributed by atoms with Crippen molar-refractivity contribution in [3.8, 4) is 0 Å². The molecule has 6 nitrogen and oxygen atoms in total. The fourth-order valence-electron chi connectivity index (χ4n) is 4.03. The SMILES string of the molecule is O=C1C(=O)N(c2cccc3ccccc23)C(c2ccncc2)/C1=C(\O)c1ccncc1. The van der Waals surface area contributed by atoms with Crippen molar-refractivity contribution in [3.63, 3.8) is 0 Å². The highest BCUT2D eigenvalue weighted by atomic mass is 16.3. The Bertz CT molecular complexity index is 1330. The molecule has 5 rings (SSSR count). The second-order valence-corrected chi connectivity index (χ2v) is 7.18. The minimum absolute atomic E-state index is 0.0373. The maximum Gasteiger partial charge on any atom is 0.300 e. The van der Waals surface area contributed by atoms with Crippen LogP contribution in [0.3, 0.4) is 0 Å². The first-order valence-electron chi connectivity index (χ1n) is 9.76. The lowest BCUT2D eigenvalue weighted by molar-refractivity contribution is -0.132. The van der Waals surface area contributed by atoms with E-state index < -0.39 is 17.7 Å². The van der Waals surface area contributed by atoms with Crippen molar-refractivity contribution in [3.05, 3.63) is 108 Å². The van der Waals surface area contributed by atoms with Crippen LogP contribution in [0, 0.1) is 0 Å². The van der Waals surface area contributed by atoms with Gasteiger partial charge in [0.15, 0.2) is 0 Å².